The second-order valence-electron chi connectivity index (χ2n) is 15.4. The Labute approximate surface area is 349 Å². The van der Waals surface area contributed by atoms with E-state index >= 15 is 13.2 Å². The molecule has 1 aromatic heterocycles. The molecular weight excluding hydrogens is 803 g/mol. The number of piperidine rings is 1. The number of urea groups is 1. The topological polar surface area (TPSA) is 188 Å². The lowest BCUT2D eigenvalue weighted by Crippen LogP contribution is -2.49. The van der Waals surface area contributed by atoms with Crippen LogP contribution in [0.4, 0.5) is 46.8 Å². The first kappa shape index (κ1) is 42.8. The molecule has 61 heavy (non-hydrogen) atoms. The summed E-state index contributed by atoms with van der Waals surface area (Å²) >= 11 is 0. The molecule has 4 heterocycles. The van der Waals surface area contributed by atoms with Gasteiger partial charge in [0.25, 0.3) is 11.8 Å². The third kappa shape index (κ3) is 9.36. The van der Waals surface area contributed by atoms with Crippen LogP contribution in [-0.2, 0) is 14.4 Å². The van der Waals surface area contributed by atoms with Gasteiger partial charge >= 0.3 is 12.0 Å². The van der Waals surface area contributed by atoms with Crippen LogP contribution in [0.15, 0.2) is 36.5 Å². The van der Waals surface area contributed by atoms with E-state index in [0.29, 0.717) is 62.4 Å². The minimum Gasteiger partial charge on any atom is -0.495 e. The maximum absolute atomic E-state index is 15.6. The molecule has 0 spiro atoms. The Morgan fingerprint density at radius 1 is 0.967 bits per heavy atom. The number of ether oxygens (including phenoxy) is 3. The van der Waals surface area contributed by atoms with Crippen LogP contribution in [0, 0.1) is 5.82 Å². The molecular formula is C41H48F3N9O8. The Balaban J connectivity index is 0.907. The Bertz CT molecular complexity index is 2180. The van der Waals surface area contributed by atoms with Gasteiger partial charge in [0, 0.05) is 63.7 Å². The van der Waals surface area contributed by atoms with Gasteiger partial charge in [-0.2, -0.15) is 13.8 Å². The van der Waals surface area contributed by atoms with Crippen molar-refractivity contribution in [3.05, 3.63) is 47.9 Å². The number of nitrogens with one attached hydrogen (secondary N) is 3. The predicted octanol–water partition coefficient (Wildman–Crippen LogP) is 4.76. The van der Waals surface area contributed by atoms with Crippen molar-refractivity contribution in [2.45, 2.75) is 75.8 Å². The zero-order chi connectivity index (χ0) is 43.4. The van der Waals surface area contributed by atoms with Crippen molar-refractivity contribution in [3.8, 4) is 17.2 Å². The fourth-order valence-corrected chi connectivity index (χ4v) is 8.09. The van der Waals surface area contributed by atoms with Crippen molar-refractivity contribution in [1.82, 2.24) is 25.5 Å². The lowest BCUT2D eigenvalue weighted by atomic mass is 10.0. The number of carbonyl (C=O) groups is 5. The number of hydrogen-bond donors (Lipinski definition) is 3. The molecule has 3 aromatic rings. The molecule has 3 N–H and O–H groups in total. The van der Waals surface area contributed by atoms with Crippen molar-refractivity contribution in [2.75, 3.05) is 74.1 Å². The van der Waals surface area contributed by atoms with Crippen LogP contribution in [0.2, 0.25) is 0 Å². The highest BCUT2D eigenvalue weighted by Crippen LogP contribution is 2.40. The first-order valence-electron chi connectivity index (χ1n) is 20.2. The zero-order valence-corrected chi connectivity index (χ0v) is 34.1. The maximum atomic E-state index is 15.6. The van der Waals surface area contributed by atoms with Gasteiger partial charge < -0.3 is 39.5 Å². The number of fused-ring (bicyclic) bond motifs is 1. The number of methoxy groups -OCH3 is 2. The molecule has 2 aromatic carbocycles. The number of rotatable bonds is 13. The molecule has 3 aliphatic heterocycles. The predicted molar refractivity (Wildman–Crippen MR) is 217 cm³/mol. The monoisotopic (exact) mass is 851 g/mol. The average molecular weight is 852 g/mol. The van der Waals surface area contributed by atoms with E-state index in [0.717, 1.165) is 23.8 Å². The normalized spacial score (nSPS) is 18.4. The number of aromatic nitrogens is 2. The quantitative estimate of drug-likeness (QED) is 0.201. The van der Waals surface area contributed by atoms with E-state index in [9.17, 15) is 24.0 Å². The number of nitrogens with zero attached hydrogens (tertiary/aromatic N) is 6. The van der Waals surface area contributed by atoms with Crippen molar-refractivity contribution in [1.29, 1.82) is 0 Å². The molecule has 0 radical (unpaired) electrons. The van der Waals surface area contributed by atoms with E-state index < -0.39 is 36.1 Å². The number of alkyl halides is 2. The van der Waals surface area contributed by atoms with Crippen LogP contribution in [0.1, 0.15) is 68.1 Å². The van der Waals surface area contributed by atoms with Gasteiger partial charge in [0.15, 0.2) is 5.82 Å². The van der Waals surface area contributed by atoms with E-state index in [1.807, 2.05) is 0 Å². The Hall–Kier alpha value is -6.34. The SMILES string of the molecule is COc1cc(C(=O)NC2CCN(C(=O)CCCOc3ccc(N4CCC(=O)NC4=O)c(OC)c3)CC2)c(F)cc1Nc1ncc2c(n1)N(C1CCCC1)CC(F)(F)C(=O)N2C. The molecule has 326 valence electrons. The lowest BCUT2D eigenvalue weighted by Gasteiger charge is -2.32. The molecule has 3 fully saturated rings. The third-order valence-electron chi connectivity index (χ3n) is 11.4. The fraction of sp³-hybridized carbons (Fsp3) is 0.488. The summed E-state index contributed by atoms with van der Waals surface area (Å²) in [6, 6.07) is 6.23. The highest BCUT2D eigenvalue weighted by Gasteiger charge is 2.49. The molecule has 2 saturated heterocycles. The Morgan fingerprint density at radius 3 is 2.41 bits per heavy atom. The van der Waals surface area contributed by atoms with Crippen LogP contribution in [0.3, 0.4) is 0 Å². The standard InChI is InChI=1S/C41H48F3N9O8/c1-50-31-22-45-39(49-36(31)53(25-7-4-5-8-25)23-41(43,44)38(50)57)47-29-21-28(42)27(20-32(29)59-2)37(56)46-24-12-15-51(16-13-24)35(55)9-6-18-61-26-10-11-30(33(19-26)60-3)52-17-14-34(54)48-40(52)58/h10-11,19-22,24-25H,4-9,12-18,23H2,1-3H3,(H,46,56)(H,45,47,49)(H,48,54,58). The van der Waals surface area contributed by atoms with Gasteiger partial charge in [-0.3, -0.25) is 29.4 Å². The van der Waals surface area contributed by atoms with Gasteiger partial charge in [-0.25, -0.2) is 14.2 Å². The number of likely N-dealkylation sites (tertiary alicyclic amines) is 1. The first-order chi connectivity index (χ1) is 29.3. The summed E-state index contributed by atoms with van der Waals surface area (Å²) in [7, 11) is 4.07. The van der Waals surface area contributed by atoms with Crippen LogP contribution in [0.5, 0.6) is 17.2 Å². The van der Waals surface area contributed by atoms with Crippen molar-refractivity contribution < 1.29 is 51.4 Å². The molecule has 0 unspecified atom stereocenters. The van der Waals surface area contributed by atoms with Gasteiger partial charge in [-0.05, 0) is 50.3 Å². The molecule has 4 aliphatic rings. The van der Waals surface area contributed by atoms with Gasteiger partial charge in [-0.1, -0.05) is 12.8 Å². The molecule has 1 aliphatic carbocycles. The van der Waals surface area contributed by atoms with E-state index in [2.05, 4.69) is 25.9 Å². The summed E-state index contributed by atoms with van der Waals surface area (Å²) in [5.74, 6) is -5.82. The van der Waals surface area contributed by atoms with Crippen molar-refractivity contribution in [2.24, 2.45) is 0 Å². The minimum atomic E-state index is -3.64. The fourth-order valence-electron chi connectivity index (χ4n) is 8.09. The lowest BCUT2D eigenvalue weighted by molar-refractivity contribution is -0.140. The highest BCUT2D eigenvalue weighted by molar-refractivity contribution is 6.06. The number of halogens is 3. The smallest absolute Gasteiger partial charge is 0.342 e. The van der Waals surface area contributed by atoms with Crippen LogP contribution >= 0.6 is 0 Å². The maximum Gasteiger partial charge on any atom is 0.342 e. The van der Waals surface area contributed by atoms with Gasteiger partial charge in [0.1, 0.15) is 28.8 Å². The zero-order valence-electron chi connectivity index (χ0n) is 34.1. The van der Waals surface area contributed by atoms with Crippen molar-refractivity contribution in [3.63, 3.8) is 0 Å². The minimum absolute atomic E-state index is 0.0472. The highest BCUT2D eigenvalue weighted by atomic mass is 19.3. The van der Waals surface area contributed by atoms with Crippen LogP contribution in [0.25, 0.3) is 0 Å². The summed E-state index contributed by atoms with van der Waals surface area (Å²) in [5.41, 5.74) is 0.448. The van der Waals surface area contributed by atoms with Crippen molar-refractivity contribution >= 4 is 58.5 Å². The third-order valence-corrected chi connectivity index (χ3v) is 11.4. The Kier molecular flexibility index (Phi) is 12.7. The van der Waals surface area contributed by atoms with Gasteiger partial charge in [-0.15, -0.1) is 0 Å². The summed E-state index contributed by atoms with van der Waals surface area (Å²) in [6.45, 7) is 0.441. The number of imide groups is 1. The van der Waals surface area contributed by atoms with Crippen LogP contribution < -0.4 is 44.9 Å². The molecule has 0 bridgehead atoms. The van der Waals surface area contributed by atoms with E-state index in [1.54, 1.807) is 23.1 Å². The largest absolute Gasteiger partial charge is 0.495 e. The number of hydrogen-bond acceptors (Lipinski definition) is 12. The molecule has 0 atom stereocenters. The van der Waals surface area contributed by atoms with E-state index in [-0.39, 0.29) is 84.3 Å². The molecule has 17 nitrogen and oxygen atoms in total. The molecule has 1 saturated carbocycles. The van der Waals surface area contributed by atoms with Gasteiger partial charge in [0.05, 0.1) is 50.5 Å². The van der Waals surface area contributed by atoms with E-state index in [1.165, 1.54) is 43.3 Å². The second-order valence-corrected chi connectivity index (χ2v) is 15.4. The number of anilines is 5. The first-order valence-corrected chi connectivity index (χ1v) is 20.2. The summed E-state index contributed by atoms with van der Waals surface area (Å²) < 4.78 is 62.4. The van der Waals surface area contributed by atoms with Crippen LogP contribution in [-0.4, -0.2) is 117 Å². The molecule has 6 amide bonds. The summed E-state index contributed by atoms with van der Waals surface area (Å²) in [4.78, 5) is 77.0. The second kappa shape index (κ2) is 18.1. The molecule has 7 rings (SSSR count). The average Bonchev–Trinajstić information content (AvgIpc) is 3.77. The van der Waals surface area contributed by atoms with E-state index in [4.69, 9.17) is 14.2 Å². The number of amides is 6. The number of carbonyl (C=O) groups excluding carboxylic acids is 5. The number of benzene rings is 2. The summed E-state index contributed by atoms with van der Waals surface area (Å²) in [5, 5.41) is 8.04. The molecule has 20 heteroatoms. The summed E-state index contributed by atoms with van der Waals surface area (Å²) in [6.07, 6.45) is 6.11. The van der Waals surface area contributed by atoms with Gasteiger partial charge in [0.2, 0.25) is 17.8 Å². The Morgan fingerprint density at radius 2 is 1.70 bits per heavy atom.